The van der Waals surface area contributed by atoms with Crippen molar-refractivity contribution in [3.63, 3.8) is 0 Å². The van der Waals surface area contributed by atoms with Crippen molar-refractivity contribution >= 4 is 11.9 Å². The van der Waals surface area contributed by atoms with Gasteiger partial charge in [-0.3, -0.25) is 9.59 Å². The Morgan fingerprint density at radius 1 is 1.56 bits per heavy atom. The summed E-state index contributed by atoms with van der Waals surface area (Å²) < 4.78 is 0. The van der Waals surface area contributed by atoms with E-state index in [1.54, 1.807) is 6.92 Å². The van der Waals surface area contributed by atoms with Gasteiger partial charge in [-0.1, -0.05) is 6.92 Å². The fourth-order valence-corrected chi connectivity index (χ4v) is 0.201. The highest BCUT2D eigenvalue weighted by molar-refractivity contribution is 5.76. The molecule has 0 aliphatic rings. The molecule has 9 heavy (non-hydrogen) atoms. The van der Waals surface area contributed by atoms with Crippen LogP contribution in [-0.4, -0.2) is 11.9 Å². The van der Waals surface area contributed by atoms with Gasteiger partial charge in [0.2, 0.25) is 0 Å². The van der Waals surface area contributed by atoms with Crippen LogP contribution in [0.4, 0.5) is 0 Å². The van der Waals surface area contributed by atoms with Gasteiger partial charge in [-0.2, -0.15) is 5.48 Å². The minimum Gasteiger partial charge on any atom is -0.341 e. The number of carbonyl (C=O) groups excluding carboxylic acids is 2. The number of hydroxylamine groups is 1. The Hall–Kier alpha value is -1.06. The fraction of sp³-hybridized carbons (Fsp3) is 0.600. The molecule has 0 spiro atoms. The Bertz CT molecular complexity index is 121. The molecular formula is C5H9NO3. The van der Waals surface area contributed by atoms with Gasteiger partial charge in [-0.25, -0.2) is 0 Å². The van der Waals surface area contributed by atoms with E-state index in [4.69, 9.17) is 0 Å². The summed E-state index contributed by atoms with van der Waals surface area (Å²) >= 11 is 0. The van der Waals surface area contributed by atoms with Crippen LogP contribution in [0.2, 0.25) is 0 Å². The number of rotatable bonds is 1. The Labute approximate surface area is 53.1 Å². The molecule has 0 aliphatic carbocycles. The molecule has 52 valence electrons. The van der Waals surface area contributed by atoms with E-state index in [-0.39, 0.29) is 5.91 Å². The van der Waals surface area contributed by atoms with E-state index >= 15 is 0 Å². The zero-order chi connectivity index (χ0) is 7.28. The maximum Gasteiger partial charge on any atom is 0.329 e. The molecule has 4 nitrogen and oxygen atoms in total. The molecule has 0 aromatic carbocycles. The maximum atomic E-state index is 10.3. The van der Waals surface area contributed by atoms with Crippen molar-refractivity contribution < 1.29 is 14.4 Å². The van der Waals surface area contributed by atoms with E-state index in [9.17, 15) is 9.59 Å². The molecule has 0 unspecified atom stereocenters. The average molecular weight is 131 g/mol. The normalized spacial score (nSPS) is 8.22. The second kappa shape index (κ2) is 3.88. The molecule has 4 heteroatoms. The summed E-state index contributed by atoms with van der Waals surface area (Å²) in [4.78, 5) is 24.5. The largest absolute Gasteiger partial charge is 0.341 e. The zero-order valence-corrected chi connectivity index (χ0v) is 5.43. The molecule has 0 rings (SSSR count). The number of amides is 1. The van der Waals surface area contributed by atoms with Crippen LogP contribution in [0.3, 0.4) is 0 Å². The third-order valence-corrected chi connectivity index (χ3v) is 0.630. The first-order valence-electron chi connectivity index (χ1n) is 2.63. The maximum absolute atomic E-state index is 10.3. The first-order valence-corrected chi connectivity index (χ1v) is 2.63. The van der Waals surface area contributed by atoms with Crippen LogP contribution >= 0.6 is 0 Å². The Morgan fingerprint density at radius 2 is 2.11 bits per heavy atom. The lowest BCUT2D eigenvalue weighted by Gasteiger charge is -1.98. The molecule has 0 heterocycles. The van der Waals surface area contributed by atoms with Crippen LogP contribution in [-0.2, 0) is 14.4 Å². The molecule has 0 saturated carbocycles. The van der Waals surface area contributed by atoms with Crippen molar-refractivity contribution in [2.45, 2.75) is 20.3 Å². The van der Waals surface area contributed by atoms with Crippen molar-refractivity contribution in [3.8, 4) is 0 Å². The molecule has 0 bridgehead atoms. The summed E-state index contributed by atoms with van der Waals surface area (Å²) in [5, 5.41) is 0. The lowest BCUT2D eigenvalue weighted by molar-refractivity contribution is -0.155. The lowest BCUT2D eigenvalue weighted by Crippen LogP contribution is -2.24. The van der Waals surface area contributed by atoms with Crippen molar-refractivity contribution in [1.29, 1.82) is 0 Å². The van der Waals surface area contributed by atoms with Gasteiger partial charge in [0, 0.05) is 13.3 Å². The summed E-state index contributed by atoms with van der Waals surface area (Å²) in [6, 6.07) is 0. The van der Waals surface area contributed by atoms with Gasteiger partial charge in [0.25, 0.3) is 5.91 Å². The van der Waals surface area contributed by atoms with E-state index in [2.05, 4.69) is 4.84 Å². The molecule has 0 aliphatic heterocycles. The van der Waals surface area contributed by atoms with Crippen LogP contribution in [0.25, 0.3) is 0 Å². The predicted octanol–water partition coefficient (Wildman–Crippen LogP) is -0.00930. The number of hydrogen-bond donors (Lipinski definition) is 1. The van der Waals surface area contributed by atoms with Gasteiger partial charge >= 0.3 is 5.97 Å². The van der Waals surface area contributed by atoms with Crippen LogP contribution in [0.15, 0.2) is 0 Å². The molecular weight excluding hydrogens is 122 g/mol. The van der Waals surface area contributed by atoms with Gasteiger partial charge in [0.05, 0.1) is 0 Å². The third-order valence-electron chi connectivity index (χ3n) is 0.630. The SMILES string of the molecule is CCC(=O)NOC(C)=O. The van der Waals surface area contributed by atoms with Crippen molar-refractivity contribution in [2.24, 2.45) is 0 Å². The quantitative estimate of drug-likeness (QED) is 0.509. The summed E-state index contributed by atoms with van der Waals surface area (Å²) in [7, 11) is 0. The van der Waals surface area contributed by atoms with Crippen molar-refractivity contribution in [1.82, 2.24) is 5.48 Å². The van der Waals surface area contributed by atoms with E-state index in [0.717, 1.165) is 0 Å². The minimum atomic E-state index is -0.517. The van der Waals surface area contributed by atoms with Gasteiger partial charge in [0.15, 0.2) is 0 Å². The smallest absolute Gasteiger partial charge is 0.329 e. The van der Waals surface area contributed by atoms with Crippen LogP contribution < -0.4 is 5.48 Å². The molecule has 1 N–H and O–H groups in total. The van der Waals surface area contributed by atoms with Gasteiger partial charge in [-0.05, 0) is 0 Å². The Balaban J connectivity index is 3.28. The summed E-state index contributed by atoms with van der Waals surface area (Å²) in [6.45, 7) is 2.88. The highest BCUT2D eigenvalue weighted by Crippen LogP contribution is 1.75. The second-order valence-electron chi connectivity index (χ2n) is 1.47. The first-order chi connectivity index (χ1) is 4.16. The van der Waals surface area contributed by atoms with E-state index in [1.165, 1.54) is 6.92 Å². The lowest BCUT2D eigenvalue weighted by atomic mass is 10.5. The van der Waals surface area contributed by atoms with Crippen LogP contribution in [0.1, 0.15) is 20.3 Å². The third kappa shape index (κ3) is 4.80. The van der Waals surface area contributed by atoms with Gasteiger partial charge in [-0.15, -0.1) is 0 Å². The Kier molecular flexibility index (Phi) is 3.43. The standard InChI is InChI=1S/C5H9NO3/c1-3-5(8)6-9-4(2)7/h3H2,1-2H3,(H,6,8). The second-order valence-corrected chi connectivity index (χ2v) is 1.47. The Morgan fingerprint density at radius 3 is 2.44 bits per heavy atom. The number of hydrogen-bond acceptors (Lipinski definition) is 3. The van der Waals surface area contributed by atoms with E-state index < -0.39 is 5.97 Å². The van der Waals surface area contributed by atoms with Gasteiger partial charge in [0.1, 0.15) is 0 Å². The number of carbonyl (C=O) groups is 2. The zero-order valence-electron chi connectivity index (χ0n) is 5.43. The summed E-state index contributed by atoms with van der Waals surface area (Å²) in [6.07, 6.45) is 0.313. The van der Waals surface area contributed by atoms with Crippen LogP contribution in [0, 0.1) is 0 Å². The molecule has 0 radical (unpaired) electrons. The van der Waals surface area contributed by atoms with E-state index in [0.29, 0.717) is 6.42 Å². The average Bonchev–Trinajstić information content (AvgIpc) is 1.83. The summed E-state index contributed by atoms with van der Waals surface area (Å²) in [5.41, 5.74) is 1.94. The van der Waals surface area contributed by atoms with E-state index in [1.807, 2.05) is 5.48 Å². The topological polar surface area (TPSA) is 55.4 Å². The van der Waals surface area contributed by atoms with Crippen molar-refractivity contribution in [3.05, 3.63) is 0 Å². The number of nitrogens with one attached hydrogen (secondary N) is 1. The van der Waals surface area contributed by atoms with Crippen LogP contribution in [0.5, 0.6) is 0 Å². The predicted molar refractivity (Wildman–Crippen MR) is 30.2 cm³/mol. The first kappa shape index (κ1) is 7.94. The minimum absolute atomic E-state index is 0.301. The highest BCUT2D eigenvalue weighted by atomic mass is 16.7. The van der Waals surface area contributed by atoms with Gasteiger partial charge < -0.3 is 4.84 Å². The molecule has 0 atom stereocenters. The highest BCUT2D eigenvalue weighted by Gasteiger charge is 1.96. The molecule has 0 aromatic heterocycles. The monoisotopic (exact) mass is 131 g/mol. The van der Waals surface area contributed by atoms with Crippen molar-refractivity contribution in [2.75, 3.05) is 0 Å². The molecule has 1 amide bonds. The fourth-order valence-electron chi connectivity index (χ4n) is 0.201. The molecule has 0 aromatic rings. The summed E-state index contributed by atoms with van der Waals surface area (Å²) in [5.74, 6) is -0.818. The molecule has 0 fully saturated rings. The molecule has 0 saturated heterocycles.